The fraction of sp³-hybridized carbons (Fsp3) is 1.00. The molecular weight excluding hydrogens is 157 g/mol. The van der Waals surface area contributed by atoms with Crippen LogP contribution in [-0.2, 0) is 4.52 Å². The van der Waals surface area contributed by atoms with Crippen LogP contribution in [0.1, 0.15) is 19.8 Å². The summed E-state index contributed by atoms with van der Waals surface area (Å²) in [6.45, 7) is 6.83. The van der Waals surface area contributed by atoms with Gasteiger partial charge >= 0.3 is 0 Å². The largest absolute Gasteiger partial charge is 0.365 e. The molecule has 1 aliphatic heterocycles. The molecule has 0 N–H and O–H groups in total. The second kappa shape index (κ2) is 5.08. The molecule has 0 aromatic carbocycles. The van der Waals surface area contributed by atoms with Crippen molar-refractivity contribution in [3.63, 3.8) is 0 Å². The van der Waals surface area contributed by atoms with Crippen LogP contribution in [0.5, 0.6) is 0 Å². The second-order valence-corrected chi connectivity index (χ2v) is 3.57. The Kier molecular flexibility index (Phi) is 4.36. The van der Waals surface area contributed by atoms with Crippen molar-refractivity contribution in [2.75, 3.05) is 26.2 Å². The van der Waals surface area contributed by atoms with E-state index in [2.05, 4.69) is 21.3 Å². The van der Waals surface area contributed by atoms with Gasteiger partial charge in [0, 0.05) is 16.0 Å². The maximum Gasteiger partial charge on any atom is 0.0542 e. The Morgan fingerprint density at radius 2 is 2.45 bits per heavy atom. The Balaban J connectivity index is 2.21. The van der Waals surface area contributed by atoms with E-state index < -0.39 is 0 Å². The zero-order chi connectivity index (χ0) is 8.10. The maximum atomic E-state index is 5.06. The average Bonchev–Trinajstić information content (AvgIpc) is 2.06. The van der Waals surface area contributed by atoms with E-state index in [1.165, 1.54) is 32.5 Å². The lowest BCUT2D eigenvalue weighted by atomic mass is 9.99. The van der Waals surface area contributed by atoms with Gasteiger partial charge in [-0.3, -0.25) is 0 Å². The maximum absolute atomic E-state index is 5.06. The normalized spacial score (nSPS) is 27.3. The molecule has 2 atom stereocenters. The number of rotatable bonds is 3. The van der Waals surface area contributed by atoms with Gasteiger partial charge in [-0.2, -0.15) is 0 Å². The van der Waals surface area contributed by atoms with Gasteiger partial charge < -0.3 is 9.42 Å². The summed E-state index contributed by atoms with van der Waals surface area (Å²) in [5.41, 5.74) is 0. The lowest BCUT2D eigenvalue weighted by molar-refractivity contribution is 0.144. The van der Waals surface area contributed by atoms with Gasteiger partial charge in [0.05, 0.1) is 6.61 Å². The van der Waals surface area contributed by atoms with Crippen LogP contribution in [0.3, 0.4) is 0 Å². The molecule has 0 amide bonds. The van der Waals surface area contributed by atoms with Crippen LogP contribution in [0.25, 0.3) is 0 Å². The van der Waals surface area contributed by atoms with Crippen molar-refractivity contribution in [2.24, 2.45) is 5.92 Å². The molecule has 0 bridgehead atoms. The van der Waals surface area contributed by atoms with Gasteiger partial charge in [-0.25, -0.2) is 0 Å². The van der Waals surface area contributed by atoms with Crippen LogP contribution in [0.2, 0.25) is 0 Å². The Morgan fingerprint density at radius 1 is 1.64 bits per heavy atom. The third kappa shape index (κ3) is 3.06. The van der Waals surface area contributed by atoms with Crippen LogP contribution >= 0.6 is 9.47 Å². The van der Waals surface area contributed by atoms with Gasteiger partial charge in [-0.15, -0.1) is 0 Å². The van der Waals surface area contributed by atoms with E-state index in [0.717, 1.165) is 12.5 Å². The SMILES string of the molecule is CCN1CCCC(COP)C1. The smallest absolute Gasteiger partial charge is 0.0542 e. The summed E-state index contributed by atoms with van der Waals surface area (Å²) in [6, 6.07) is 0. The van der Waals surface area contributed by atoms with Gasteiger partial charge in [-0.05, 0) is 31.8 Å². The van der Waals surface area contributed by atoms with Crippen LogP contribution in [0.4, 0.5) is 0 Å². The number of hydrogen-bond donors (Lipinski definition) is 0. The fourth-order valence-corrected chi connectivity index (χ4v) is 1.98. The first-order valence-corrected chi connectivity index (χ1v) is 4.88. The van der Waals surface area contributed by atoms with Crippen LogP contribution in [-0.4, -0.2) is 31.1 Å². The molecule has 1 aliphatic rings. The van der Waals surface area contributed by atoms with Gasteiger partial charge in [0.2, 0.25) is 0 Å². The molecule has 1 rings (SSSR count). The van der Waals surface area contributed by atoms with Crippen LogP contribution < -0.4 is 0 Å². The highest BCUT2D eigenvalue weighted by atomic mass is 31.0. The molecule has 66 valence electrons. The predicted octanol–water partition coefficient (Wildman–Crippen LogP) is 1.52. The molecule has 0 radical (unpaired) electrons. The summed E-state index contributed by atoms with van der Waals surface area (Å²) < 4.78 is 5.06. The summed E-state index contributed by atoms with van der Waals surface area (Å²) >= 11 is 0. The van der Waals surface area contributed by atoms with Crippen molar-refractivity contribution in [2.45, 2.75) is 19.8 Å². The van der Waals surface area contributed by atoms with Crippen LogP contribution in [0.15, 0.2) is 0 Å². The molecule has 0 spiro atoms. The van der Waals surface area contributed by atoms with Crippen molar-refractivity contribution >= 4 is 9.47 Å². The summed E-state index contributed by atoms with van der Waals surface area (Å²) in [5, 5.41) is 0. The molecular formula is C8H18NOP. The summed E-state index contributed by atoms with van der Waals surface area (Å²) in [7, 11) is 2.34. The highest BCUT2D eigenvalue weighted by Gasteiger charge is 2.17. The van der Waals surface area contributed by atoms with E-state index in [1.54, 1.807) is 0 Å². The van der Waals surface area contributed by atoms with Crippen molar-refractivity contribution in [1.29, 1.82) is 0 Å². The molecule has 1 heterocycles. The number of piperidine rings is 1. The van der Waals surface area contributed by atoms with E-state index in [9.17, 15) is 0 Å². The van der Waals surface area contributed by atoms with Crippen molar-refractivity contribution in [1.82, 2.24) is 4.90 Å². The van der Waals surface area contributed by atoms with Gasteiger partial charge in [0.15, 0.2) is 0 Å². The number of hydrogen-bond acceptors (Lipinski definition) is 2. The number of likely N-dealkylation sites (tertiary alicyclic amines) is 1. The Bertz CT molecular complexity index is 108. The van der Waals surface area contributed by atoms with Crippen LogP contribution in [0, 0.1) is 5.92 Å². The van der Waals surface area contributed by atoms with Gasteiger partial charge in [0.1, 0.15) is 0 Å². The summed E-state index contributed by atoms with van der Waals surface area (Å²) in [5.74, 6) is 0.765. The average molecular weight is 175 g/mol. The van der Waals surface area contributed by atoms with Crippen molar-refractivity contribution < 1.29 is 4.52 Å². The summed E-state index contributed by atoms with van der Waals surface area (Å²) in [6.07, 6.45) is 2.68. The van der Waals surface area contributed by atoms with E-state index in [-0.39, 0.29) is 0 Å². The van der Waals surface area contributed by atoms with E-state index in [0.29, 0.717) is 0 Å². The highest BCUT2D eigenvalue weighted by molar-refractivity contribution is 7.09. The van der Waals surface area contributed by atoms with E-state index in [1.807, 2.05) is 0 Å². The minimum absolute atomic E-state index is 0.765. The lowest BCUT2D eigenvalue weighted by Gasteiger charge is -2.31. The van der Waals surface area contributed by atoms with E-state index >= 15 is 0 Å². The lowest BCUT2D eigenvalue weighted by Crippen LogP contribution is -2.36. The first kappa shape index (κ1) is 9.44. The third-order valence-electron chi connectivity index (χ3n) is 2.38. The van der Waals surface area contributed by atoms with Gasteiger partial charge in [-0.1, -0.05) is 6.92 Å². The zero-order valence-electron chi connectivity index (χ0n) is 7.25. The summed E-state index contributed by atoms with van der Waals surface area (Å²) in [4.78, 5) is 2.50. The molecule has 0 aliphatic carbocycles. The molecule has 11 heavy (non-hydrogen) atoms. The third-order valence-corrected chi connectivity index (χ3v) is 2.57. The molecule has 0 aromatic rings. The molecule has 3 heteroatoms. The quantitative estimate of drug-likeness (QED) is 0.603. The molecule has 2 nitrogen and oxygen atoms in total. The highest BCUT2D eigenvalue weighted by Crippen LogP contribution is 2.16. The Labute approximate surface area is 71.6 Å². The fourth-order valence-electron chi connectivity index (χ4n) is 1.71. The zero-order valence-corrected chi connectivity index (χ0v) is 8.41. The molecule has 2 unspecified atom stereocenters. The minimum atomic E-state index is 0.765. The van der Waals surface area contributed by atoms with E-state index in [4.69, 9.17) is 4.52 Å². The van der Waals surface area contributed by atoms with Crippen molar-refractivity contribution in [3.05, 3.63) is 0 Å². The first-order valence-electron chi connectivity index (χ1n) is 4.40. The molecule has 0 saturated carbocycles. The Hall–Kier alpha value is 0.350. The molecule has 1 saturated heterocycles. The second-order valence-electron chi connectivity index (χ2n) is 3.23. The van der Waals surface area contributed by atoms with Crippen molar-refractivity contribution in [3.8, 4) is 0 Å². The standard InChI is InChI=1S/C8H18NOP/c1-2-9-5-3-4-8(6-9)7-10-11/h8H,2-7,11H2,1H3. The predicted molar refractivity (Wildman–Crippen MR) is 50.5 cm³/mol. The molecule has 1 fully saturated rings. The number of nitrogens with zero attached hydrogens (tertiary/aromatic N) is 1. The minimum Gasteiger partial charge on any atom is -0.365 e. The van der Waals surface area contributed by atoms with Gasteiger partial charge in [0.25, 0.3) is 0 Å². The topological polar surface area (TPSA) is 12.5 Å². The molecule has 0 aromatic heterocycles. The first-order chi connectivity index (χ1) is 5.36. The Morgan fingerprint density at radius 3 is 3.09 bits per heavy atom. The monoisotopic (exact) mass is 175 g/mol.